The summed E-state index contributed by atoms with van der Waals surface area (Å²) in [5.41, 5.74) is 0.685. The van der Waals surface area contributed by atoms with E-state index in [2.05, 4.69) is 23.7 Å². The molecule has 0 spiro atoms. The minimum absolute atomic E-state index is 0.665. The first kappa shape index (κ1) is 13.8. The highest BCUT2D eigenvalue weighted by Gasteiger charge is 2.42. The Kier molecular flexibility index (Phi) is 4.93. The largest absolute Gasteiger partial charge is 0.314 e. The maximum Gasteiger partial charge on any atom is 0.156 e. The predicted octanol–water partition coefficient (Wildman–Crippen LogP) is 3.08. The number of piperidine rings is 2. The first-order valence-corrected chi connectivity index (χ1v) is 11.3. The molecule has 100 valence electrons. The maximum atomic E-state index is 6.82. The highest BCUT2D eigenvalue weighted by molar-refractivity contribution is 7.20. The average molecular weight is 275 g/mol. The fourth-order valence-corrected chi connectivity index (χ4v) is 7.00. The smallest absolute Gasteiger partial charge is 0.156 e. The summed E-state index contributed by atoms with van der Waals surface area (Å²) in [4.78, 5) is 0. The molecule has 2 aliphatic heterocycles. The molecule has 0 aromatic carbocycles. The summed E-state index contributed by atoms with van der Waals surface area (Å²) in [5, 5.41) is 7.47. The summed E-state index contributed by atoms with van der Waals surface area (Å²) < 4.78 is 0. The van der Waals surface area contributed by atoms with Gasteiger partial charge in [0.05, 0.1) is 0 Å². The molecule has 0 bridgehead atoms. The molecule has 0 aliphatic carbocycles. The third kappa shape index (κ3) is 3.69. The van der Waals surface area contributed by atoms with Crippen molar-refractivity contribution >= 4 is 18.5 Å². The SMILES string of the molecule is C[Si](C)(Cl)C(C1CCCCN1)C1CCCCN1. The van der Waals surface area contributed by atoms with Gasteiger partial charge in [-0.05, 0) is 44.3 Å². The van der Waals surface area contributed by atoms with Crippen LogP contribution >= 0.6 is 11.1 Å². The second kappa shape index (κ2) is 6.05. The standard InChI is InChI=1S/C13H27ClN2Si/c1-17(2,14)13(11-7-3-5-9-15-11)12-8-4-6-10-16-12/h11-13,15-16H,3-10H2,1-2H3. The Bertz CT molecular complexity index is 212. The van der Waals surface area contributed by atoms with Crippen molar-refractivity contribution in [2.75, 3.05) is 13.1 Å². The second-order valence-corrected chi connectivity index (χ2v) is 12.9. The summed E-state index contributed by atoms with van der Waals surface area (Å²) in [6, 6.07) is 1.33. The molecule has 2 aliphatic rings. The lowest BCUT2D eigenvalue weighted by Crippen LogP contribution is -2.54. The van der Waals surface area contributed by atoms with Gasteiger partial charge in [0.1, 0.15) is 0 Å². The molecule has 2 nitrogen and oxygen atoms in total. The van der Waals surface area contributed by atoms with E-state index in [-0.39, 0.29) is 0 Å². The third-order valence-corrected chi connectivity index (χ3v) is 7.50. The van der Waals surface area contributed by atoms with Gasteiger partial charge < -0.3 is 10.6 Å². The van der Waals surface area contributed by atoms with Gasteiger partial charge in [-0.3, -0.25) is 0 Å². The van der Waals surface area contributed by atoms with E-state index < -0.39 is 7.38 Å². The highest BCUT2D eigenvalue weighted by atomic mass is 35.6. The van der Waals surface area contributed by atoms with Gasteiger partial charge in [-0.25, -0.2) is 0 Å². The van der Waals surface area contributed by atoms with E-state index in [1.807, 2.05) is 0 Å². The van der Waals surface area contributed by atoms with Crippen LogP contribution in [0.4, 0.5) is 0 Å². The Morgan fingerprint density at radius 1 is 0.941 bits per heavy atom. The molecule has 0 amide bonds. The first-order valence-electron chi connectivity index (χ1n) is 7.25. The van der Waals surface area contributed by atoms with Crippen LogP contribution in [0.5, 0.6) is 0 Å². The van der Waals surface area contributed by atoms with Crippen molar-refractivity contribution < 1.29 is 0 Å². The fourth-order valence-electron chi connectivity index (χ4n) is 3.61. The topological polar surface area (TPSA) is 24.1 Å². The van der Waals surface area contributed by atoms with Crippen molar-refractivity contribution in [3.63, 3.8) is 0 Å². The molecule has 0 saturated carbocycles. The molecule has 0 aromatic heterocycles. The Balaban J connectivity index is 2.06. The quantitative estimate of drug-likeness (QED) is 0.611. The lowest BCUT2D eigenvalue weighted by molar-refractivity contribution is 0.300. The van der Waals surface area contributed by atoms with Crippen LogP contribution < -0.4 is 10.6 Å². The monoisotopic (exact) mass is 274 g/mol. The number of halogens is 1. The Hall–Kier alpha value is 0.427. The Morgan fingerprint density at radius 2 is 1.41 bits per heavy atom. The van der Waals surface area contributed by atoms with Crippen LogP contribution in [0.3, 0.4) is 0 Å². The maximum absolute atomic E-state index is 6.82. The zero-order valence-electron chi connectivity index (χ0n) is 11.3. The van der Waals surface area contributed by atoms with Gasteiger partial charge in [-0.1, -0.05) is 25.9 Å². The van der Waals surface area contributed by atoms with Crippen molar-refractivity contribution in [2.24, 2.45) is 0 Å². The van der Waals surface area contributed by atoms with Crippen molar-refractivity contribution in [3.05, 3.63) is 0 Å². The fraction of sp³-hybridized carbons (Fsp3) is 1.00. The summed E-state index contributed by atoms with van der Waals surface area (Å²) >= 11 is 6.82. The van der Waals surface area contributed by atoms with E-state index in [0.29, 0.717) is 17.6 Å². The van der Waals surface area contributed by atoms with E-state index in [1.54, 1.807) is 0 Å². The van der Waals surface area contributed by atoms with Crippen LogP contribution in [-0.2, 0) is 0 Å². The lowest BCUT2D eigenvalue weighted by atomic mass is 9.93. The van der Waals surface area contributed by atoms with Crippen LogP contribution in [0.1, 0.15) is 38.5 Å². The average Bonchev–Trinajstić information content (AvgIpc) is 2.30. The molecular formula is C13H27ClN2Si. The zero-order valence-corrected chi connectivity index (χ0v) is 13.0. The molecule has 0 radical (unpaired) electrons. The molecule has 2 heterocycles. The summed E-state index contributed by atoms with van der Waals surface area (Å²) in [6.07, 6.45) is 8.08. The molecule has 2 rings (SSSR count). The van der Waals surface area contributed by atoms with Crippen LogP contribution in [-0.4, -0.2) is 32.6 Å². The van der Waals surface area contributed by atoms with Crippen LogP contribution in [0.2, 0.25) is 18.6 Å². The van der Waals surface area contributed by atoms with Crippen LogP contribution in [0.25, 0.3) is 0 Å². The van der Waals surface area contributed by atoms with E-state index in [0.717, 1.165) is 0 Å². The van der Waals surface area contributed by atoms with Crippen LogP contribution in [0.15, 0.2) is 0 Å². The summed E-state index contributed by atoms with van der Waals surface area (Å²) in [5.74, 6) is 0. The van der Waals surface area contributed by atoms with Gasteiger partial charge in [0.2, 0.25) is 0 Å². The first-order chi connectivity index (χ1) is 8.09. The van der Waals surface area contributed by atoms with Crippen LogP contribution in [0, 0.1) is 0 Å². The van der Waals surface area contributed by atoms with E-state index >= 15 is 0 Å². The van der Waals surface area contributed by atoms with Crippen molar-refractivity contribution in [1.29, 1.82) is 0 Å². The predicted molar refractivity (Wildman–Crippen MR) is 78.4 cm³/mol. The normalized spacial score (nSPS) is 33.4. The highest BCUT2D eigenvalue weighted by Crippen LogP contribution is 2.38. The molecule has 17 heavy (non-hydrogen) atoms. The molecule has 0 aromatic rings. The third-order valence-electron chi connectivity index (χ3n) is 4.36. The second-order valence-electron chi connectivity index (χ2n) is 6.20. The van der Waals surface area contributed by atoms with E-state index in [9.17, 15) is 0 Å². The minimum atomic E-state index is -1.61. The number of nitrogens with one attached hydrogen (secondary N) is 2. The minimum Gasteiger partial charge on any atom is -0.314 e. The Labute approximate surface area is 112 Å². The number of rotatable bonds is 3. The molecular weight excluding hydrogens is 248 g/mol. The molecule has 4 heteroatoms. The lowest BCUT2D eigenvalue weighted by Gasteiger charge is -2.43. The van der Waals surface area contributed by atoms with Crippen molar-refractivity contribution in [3.8, 4) is 0 Å². The van der Waals surface area contributed by atoms with Gasteiger partial charge >= 0.3 is 0 Å². The Morgan fingerprint density at radius 3 is 1.71 bits per heavy atom. The van der Waals surface area contributed by atoms with Gasteiger partial charge in [0.25, 0.3) is 0 Å². The van der Waals surface area contributed by atoms with Crippen molar-refractivity contribution in [2.45, 2.75) is 69.2 Å². The molecule has 2 fully saturated rings. The number of hydrogen-bond acceptors (Lipinski definition) is 2. The molecule has 2 atom stereocenters. The summed E-state index contributed by atoms with van der Waals surface area (Å²) in [7, 11) is -1.61. The number of hydrogen-bond donors (Lipinski definition) is 2. The van der Waals surface area contributed by atoms with E-state index in [4.69, 9.17) is 11.1 Å². The zero-order chi connectivity index (χ0) is 12.3. The van der Waals surface area contributed by atoms with Gasteiger partial charge in [0.15, 0.2) is 7.38 Å². The summed E-state index contributed by atoms with van der Waals surface area (Å²) in [6.45, 7) is 7.03. The van der Waals surface area contributed by atoms with Crippen molar-refractivity contribution in [1.82, 2.24) is 10.6 Å². The molecule has 2 N–H and O–H groups in total. The van der Waals surface area contributed by atoms with Gasteiger partial charge in [-0.15, -0.1) is 0 Å². The molecule has 2 saturated heterocycles. The van der Waals surface area contributed by atoms with E-state index in [1.165, 1.54) is 51.6 Å². The molecule has 2 unspecified atom stereocenters. The van der Waals surface area contributed by atoms with Gasteiger partial charge in [0, 0.05) is 12.1 Å². The van der Waals surface area contributed by atoms with Gasteiger partial charge in [-0.2, -0.15) is 11.1 Å².